The number of nitrogens with zero attached hydrogens (tertiary/aromatic N) is 1. The van der Waals surface area contributed by atoms with Crippen molar-refractivity contribution in [3.63, 3.8) is 0 Å². The highest BCUT2D eigenvalue weighted by atomic mass is 35.5. The minimum atomic E-state index is -0.279. The molecule has 5 nitrogen and oxygen atoms in total. The van der Waals surface area contributed by atoms with Gasteiger partial charge in [0.05, 0.1) is 10.7 Å². The highest BCUT2D eigenvalue weighted by Gasteiger charge is 2.21. The van der Waals surface area contributed by atoms with Crippen molar-refractivity contribution in [2.24, 2.45) is 5.92 Å². The van der Waals surface area contributed by atoms with E-state index in [0.717, 1.165) is 25.7 Å². The molecule has 2 aromatic rings. The summed E-state index contributed by atoms with van der Waals surface area (Å²) in [4.78, 5) is 28.7. The lowest BCUT2D eigenvalue weighted by Crippen LogP contribution is -2.22. The normalized spacial score (nSPS) is 15.4. The average Bonchev–Trinajstić information content (AvgIpc) is 2.95. The van der Waals surface area contributed by atoms with Crippen LogP contribution in [-0.2, 0) is 4.79 Å². The van der Waals surface area contributed by atoms with Gasteiger partial charge in [0, 0.05) is 23.1 Å². The lowest BCUT2D eigenvalue weighted by atomic mass is 9.99. The van der Waals surface area contributed by atoms with Crippen molar-refractivity contribution < 1.29 is 9.59 Å². The van der Waals surface area contributed by atoms with Crippen LogP contribution in [0.3, 0.4) is 0 Å². The number of anilines is 2. The average molecular weight is 378 g/mol. The predicted molar refractivity (Wildman–Crippen MR) is 101 cm³/mol. The maximum atomic E-state index is 12.4. The second-order valence-corrected chi connectivity index (χ2v) is 7.47. The maximum Gasteiger partial charge on any atom is 0.257 e. The first-order chi connectivity index (χ1) is 12.1. The third-order valence-electron chi connectivity index (χ3n) is 4.37. The van der Waals surface area contributed by atoms with Gasteiger partial charge in [-0.05, 0) is 31.0 Å². The van der Waals surface area contributed by atoms with Gasteiger partial charge in [-0.3, -0.25) is 14.9 Å². The molecule has 0 radical (unpaired) electrons. The van der Waals surface area contributed by atoms with Crippen LogP contribution >= 0.6 is 22.9 Å². The second kappa shape index (κ2) is 8.45. The summed E-state index contributed by atoms with van der Waals surface area (Å²) in [5.74, 6) is -0.214. The molecule has 1 heterocycles. The summed E-state index contributed by atoms with van der Waals surface area (Å²) in [6.45, 7) is 0. The zero-order valence-electron chi connectivity index (χ0n) is 13.8. The first-order valence-corrected chi connectivity index (χ1v) is 9.70. The molecule has 0 bridgehead atoms. The first kappa shape index (κ1) is 17.9. The Hall–Kier alpha value is -1.92. The number of carbonyl (C=O) groups is 2. The predicted octanol–water partition coefficient (Wildman–Crippen LogP) is 4.96. The molecule has 25 heavy (non-hydrogen) atoms. The summed E-state index contributed by atoms with van der Waals surface area (Å²) in [5, 5.41) is 8.29. The van der Waals surface area contributed by atoms with Gasteiger partial charge in [0.15, 0.2) is 5.13 Å². The van der Waals surface area contributed by atoms with E-state index >= 15 is 0 Å². The topological polar surface area (TPSA) is 71.1 Å². The fourth-order valence-corrected chi connectivity index (χ4v) is 3.74. The molecule has 0 atom stereocenters. The van der Waals surface area contributed by atoms with Crippen LogP contribution in [0.25, 0.3) is 0 Å². The van der Waals surface area contributed by atoms with E-state index in [1.165, 1.54) is 24.2 Å². The molecule has 1 aliphatic carbocycles. The summed E-state index contributed by atoms with van der Waals surface area (Å²) >= 11 is 7.61. The van der Waals surface area contributed by atoms with Crippen LogP contribution < -0.4 is 10.6 Å². The maximum absolute atomic E-state index is 12.4. The Morgan fingerprint density at radius 3 is 2.52 bits per heavy atom. The molecule has 3 rings (SSSR count). The zero-order chi connectivity index (χ0) is 17.6. The Morgan fingerprint density at radius 2 is 1.88 bits per heavy atom. The Morgan fingerprint density at radius 1 is 1.12 bits per heavy atom. The minimum absolute atomic E-state index is 0.0174. The Labute approximate surface area is 155 Å². The molecule has 1 aromatic carbocycles. The van der Waals surface area contributed by atoms with Gasteiger partial charge in [0.1, 0.15) is 0 Å². The lowest BCUT2D eigenvalue weighted by molar-refractivity contribution is -0.120. The summed E-state index contributed by atoms with van der Waals surface area (Å²) in [6, 6.07) is 4.89. The van der Waals surface area contributed by atoms with Crippen LogP contribution in [0.2, 0.25) is 5.02 Å². The molecule has 0 saturated heterocycles. The second-order valence-electron chi connectivity index (χ2n) is 6.16. The van der Waals surface area contributed by atoms with Crippen LogP contribution in [0.5, 0.6) is 0 Å². The van der Waals surface area contributed by atoms with Crippen molar-refractivity contribution in [2.75, 3.05) is 10.6 Å². The monoisotopic (exact) mass is 377 g/mol. The van der Waals surface area contributed by atoms with Crippen molar-refractivity contribution in [3.8, 4) is 0 Å². The van der Waals surface area contributed by atoms with Crippen LogP contribution in [-0.4, -0.2) is 16.8 Å². The number of benzene rings is 1. The molecule has 1 aromatic heterocycles. The van der Waals surface area contributed by atoms with Crippen molar-refractivity contribution in [3.05, 3.63) is 40.4 Å². The van der Waals surface area contributed by atoms with Gasteiger partial charge in [-0.1, -0.05) is 37.3 Å². The minimum Gasteiger partial charge on any atom is -0.325 e. The van der Waals surface area contributed by atoms with Gasteiger partial charge in [-0.2, -0.15) is 0 Å². The highest BCUT2D eigenvalue weighted by molar-refractivity contribution is 7.13. The Balaban J connectivity index is 1.65. The van der Waals surface area contributed by atoms with Crippen LogP contribution in [0.1, 0.15) is 48.9 Å². The van der Waals surface area contributed by atoms with E-state index in [9.17, 15) is 9.59 Å². The van der Waals surface area contributed by atoms with E-state index in [1.807, 2.05) is 0 Å². The number of halogens is 1. The summed E-state index contributed by atoms with van der Waals surface area (Å²) in [5.41, 5.74) is 0.967. The Kier molecular flexibility index (Phi) is 6.04. The smallest absolute Gasteiger partial charge is 0.257 e. The van der Waals surface area contributed by atoms with Gasteiger partial charge in [-0.15, -0.1) is 11.3 Å². The van der Waals surface area contributed by atoms with Crippen LogP contribution in [0.15, 0.2) is 29.8 Å². The molecule has 7 heteroatoms. The molecule has 1 saturated carbocycles. The van der Waals surface area contributed by atoms with Gasteiger partial charge in [0.2, 0.25) is 5.91 Å². The number of rotatable bonds is 4. The lowest BCUT2D eigenvalue weighted by Gasteiger charge is -2.15. The molecular formula is C18H20ClN3O2S. The highest BCUT2D eigenvalue weighted by Crippen LogP contribution is 2.27. The van der Waals surface area contributed by atoms with E-state index in [0.29, 0.717) is 21.4 Å². The molecule has 2 N–H and O–H groups in total. The molecule has 1 fully saturated rings. The third kappa shape index (κ3) is 4.80. The van der Waals surface area contributed by atoms with E-state index in [-0.39, 0.29) is 17.7 Å². The van der Waals surface area contributed by atoms with E-state index in [4.69, 9.17) is 11.6 Å². The summed E-state index contributed by atoms with van der Waals surface area (Å²) in [7, 11) is 0. The zero-order valence-corrected chi connectivity index (χ0v) is 15.3. The molecule has 132 valence electrons. The Bertz CT molecular complexity index is 741. The third-order valence-corrected chi connectivity index (χ3v) is 5.37. The van der Waals surface area contributed by atoms with Gasteiger partial charge in [0.25, 0.3) is 5.91 Å². The number of carbonyl (C=O) groups excluding carboxylic acids is 2. The molecule has 0 unspecified atom stereocenters. The number of aromatic nitrogens is 1. The van der Waals surface area contributed by atoms with Crippen molar-refractivity contribution in [1.82, 2.24) is 4.98 Å². The number of hydrogen-bond donors (Lipinski definition) is 2. The standard InChI is InChI=1S/C18H20ClN3O2S/c19-14-11-13(17(24)22-18-20-9-10-25-18)7-8-15(14)21-16(23)12-5-3-1-2-4-6-12/h7-12H,1-6H2,(H,21,23)(H,20,22,24). The van der Waals surface area contributed by atoms with Crippen LogP contribution in [0.4, 0.5) is 10.8 Å². The number of hydrogen-bond acceptors (Lipinski definition) is 4. The number of nitrogens with one attached hydrogen (secondary N) is 2. The van der Waals surface area contributed by atoms with Crippen molar-refractivity contribution >= 4 is 45.6 Å². The fraction of sp³-hybridized carbons (Fsp3) is 0.389. The molecular weight excluding hydrogens is 358 g/mol. The largest absolute Gasteiger partial charge is 0.325 e. The molecule has 0 aliphatic heterocycles. The SMILES string of the molecule is O=C(Nc1nccs1)c1ccc(NC(=O)C2CCCCCC2)c(Cl)c1. The van der Waals surface area contributed by atoms with Gasteiger partial charge in [-0.25, -0.2) is 4.98 Å². The fourth-order valence-electron chi connectivity index (χ4n) is 2.99. The number of thiazole rings is 1. The molecule has 2 amide bonds. The quantitative estimate of drug-likeness (QED) is 0.740. The van der Waals surface area contributed by atoms with E-state index < -0.39 is 0 Å². The van der Waals surface area contributed by atoms with Crippen molar-refractivity contribution in [1.29, 1.82) is 0 Å². The number of amides is 2. The van der Waals surface area contributed by atoms with Gasteiger partial charge >= 0.3 is 0 Å². The van der Waals surface area contributed by atoms with E-state index in [2.05, 4.69) is 15.6 Å². The van der Waals surface area contributed by atoms with Gasteiger partial charge < -0.3 is 5.32 Å². The van der Waals surface area contributed by atoms with Crippen LogP contribution in [0, 0.1) is 5.92 Å². The van der Waals surface area contributed by atoms with Crippen molar-refractivity contribution in [2.45, 2.75) is 38.5 Å². The molecule has 1 aliphatic rings. The summed E-state index contributed by atoms with van der Waals surface area (Å²) in [6.07, 6.45) is 8.08. The molecule has 0 spiro atoms. The first-order valence-electron chi connectivity index (χ1n) is 8.45. The summed E-state index contributed by atoms with van der Waals surface area (Å²) < 4.78 is 0. The van der Waals surface area contributed by atoms with E-state index in [1.54, 1.807) is 29.8 Å².